The second-order valence-corrected chi connectivity index (χ2v) is 6.40. The van der Waals surface area contributed by atoms with E-state index in [1.807, 2.05) is 0 Å². The average Bonchev–Trinajstić information content (AvgIpc) is 3.06. The molecule has 2 aromatic rings. The summed E-state index contributed by atoms with van der Waals surface area (Å²) < 4.78 is 15.0. The van der Waals surface area contributed by atoms with Gasteiger partial charge in [0, 0.05) is 45.7 Å². The van der Waals surface area contributed by atoms with Crippen molar-refractivity contribution in [3.8, 4) is 0 Å². The lowest BCUT2D eigenvalue weighted by atomic mass is 10.1. The molecular weight excluding hydrogens is 337 g/mol. The zero-order valence-corrected chi connectivity index (χ0v) is 14.9. The van der Waals surface area contributed by atoms with Crippen LogP contribution in [0.4, 0.5) is 4.39 Å². The minimum Gasteiger partial charge on any atom is -0.353 e. The van der Waals surface area contributed by atoms with Crippen molar-refractivity contribution in [1.82, 2.24) is 35.7 Å². The van der Waals surface area contributed by atoms with Gasteiger partial charge in [0.05, 0.1) is 0 Å². The number of hydrogen-bond acceptors (Lipinski definition) is 6. The van der Waals surface area contributed by atoms with Crippen LogP contribution in [0, 0.1) is 12.7 Å². The maximum Gasteiger partial charge on any atom is 0.245 e. The van der Waals surface area contributed by atoms with Gasteiger partial charge in [0.25, 0.3) is 0 Å². The first-order valence-electron chi connectivity index (χ1n) is 8.83. The van der Waals surface area contributed by atoms with Crippen molar-refractivity contribution in [2.75, 3.05) is 39.3 Å². The highest BCUT2D eigenvalue weighted by Crippen LogP contribution is 2.16. The summed E-state index contributed by atoms with van der Waals surface area (Å²) in [5, 5.41) is 17.7. The molecule has 0 aliphatic carbocycles. The van der Waals surface area contributed by atoms with Crippen molar-refractivity contribution in [2.45, 2.75) is 19.4 Å². The highest BCUT2D eigenvalue weighted by molar-refractivity contribution is 5.80. The third kappa shape index (κ3) is 4.83. The summed E-state index contributed by atoms with van der Waals surface area (Å²) in [5.74, 6) is 0.0530. The van der Waals surface area contributed by atoms with E-state index in [-0.39, 0.29) is 11.7 Å². The molecule has 1 fully saturated rings. The molecule has 0 spiro atoms. The fourth-order valence-corrected chi connectivity index (χ4v) is 3.09. The van der Waals surface area contributed by atoms with Gasteiger partial charge in [-0.3, -0.25) is 9.69 Å². The first kappa shape index (κ1) is 18.4. The molecule has 0 saturated carbocycles. The lowest BCUT2D eigenvalue weighted by Gasteiger charge is -2.27. The molecule has 1 aromatic carbocycles. The van der Waals surface area contributed by atoms with Gasteiger partial charge in [0.15, 0.2) is 0 Å². The lowest BCUT2D eigenvalue weighted by Crippen LogP contribution is -2.47. The van der Waals surface area contributed by atoms with Gasteiger partial charge >= 0.3 is 0 Å². The molecule has 2 N–H and O–H groups in total. The Balaban J connectivity index is 1.64. The van der Waals surface area contributed by atoms with E-state index >= 15 is 0 Å². The molecule has 0 bridgehead atoms. The maximum atomic E-state index is 13.5. The fraction of sp³-hybridized carbons (Fsp3) is 0.529. The standard InChI is InChI=1S/C17H24FN7O/c1-13-21-22-23-25(13)16(12-14-3-2-4-15(18)11-14)17(26)20-7-10-24-8-5-19-6-9-24/h2-4,11,16,19H,5-10,12H2,1H3,(H,20,26). The largest absolute Gasteiger partial charge is 0.353 e. The van der Waals surface area contributed by atoms with Gasteiger partial charge in [-0.15, -0.1) is 5.10 Å². The second kappa shape index (κ2) is 8.81. The summed E-state index contributed by atoms with van der Waals surface area (Å²) >= 11 is 0. The normalized spacial score (nSPS) is 16.4. The monoisotopic (exact) mass is 361 g/mol. The first-order valence-corrected chi connectivity index (χ1v) is 8.83. The number of nitrogens with one attached hydrogen (secondary N) is 2. The topological polar surface area (TPSA) is 88.0 Å². The van der Waals surface area contributed by atoms with Crippen LogP contribution in [-0.4, -0.2) is 70.3 Å². The van der Waals surface area contributed by atoms with Crippen molar-refractivity contribution in [3.63, 3.8) is 0 Å². The minimum atomic E-state index is -0.616. The van der Waals surface area contributed by atoms with E-state index in [0.717, 1.165) is 38.3 Å². The summed E-state index contributed by atoms with van der Waals surface area (Å²) in [7, 11) is 0. The fourth-order valence-electron chi connectivity index (χ4n) is 3.09. The number of halogens is 1. The van der Waals surface area contributed by atoms with Crippen LogP contribution in [0.3, 0.4) is 0 Å². The molecule has 26 heavy (non-hydrogen) atoms. The van der Waals surface area contributed by atoms with Crippen molar-refractivity contribution in [3.05, 3.63) is 41.5 Å². The van der Waals surface area contributed by atoms with Gasteiger partial charge in [-0.05, 0) is 35.0 Å². The molecule has 1 aromatic heterocycles. The van der Waals surface area contributed by atoms with Gasteiger partial charge in [0.2, 0.25) is 5.91 Å². The maximum absolute atomic E-state index is 13.5. The summed E-state index contributed by atoms with van der Waals surface area (Å²) in [6.45, 7) is 7.00. The molecule has 1 unspecified atom stereocenters. The SMILES string of the molecule is Cc1nnnn1C(Cc1cccc(F)c1)C(=O)NCCN1CCNCC1. The van der Waals surface area contributed by atoms with Crippen LogP contribution in [0.1, 0.15) is 17.4 Å². The molecule has 8 nitrogen and oxygen atoms in total. The van der Waals surface area contributed by atoms with Gasteiger partial charge < -0.3 is 10.6 Å². The van der Waals surface area contributed by atoms with Gasteiger partial charge in [-0.1, -0.05) is 12.1 Å². The Morgan fingerprint density at radius 2 is 2.19 bits per heavy atom. The Hall–Kier alpha value is -2.39. The van der Waals surface area contributed by atoms with Gasteiger partial charge in [-0.2, -0.15) is 0 Å². The van der Waals surface area contributed by atoms with Crippen LogP contribution < -0.4 is 10.6 Å². The Kier molecular flexibility index (Phi) is 6.24. The highest BCUT2D eigenvalue weighted by Gasteiger charge is 2.24. The summed E-state index contributed by atoms with van der Waals surface area (Å²) in [5.41, 5.74) is 0.724. The molecular formula is C17H24FN7O. The third-order valence-corrected chi connectivity index (χ3v) is 4.51. The zero-order valence-electron chi connectivity index (χ0n) is 14.9. The number of tetrazole rings is 1. The van der Waals surface area contributed by atoms with Crippen LogP contribution >= 0.6 is 0 Å². The number of piperazine rings is 1. The number of aryl methyl sites for hydroxylation is 1. The molecule has 1 atom stereocenters. The molecule has 1 aliphatic rings. The lowest BCUT2D eigenvalue weighted by molar-refractivity contribution is -0.124. The Bertz CT molecular complexity index is 729. The van der Waals surface area contributed by atoms with Crippen LogP contribution in [0.5, 0.6) is 0 Å². The number of benzene rings is 1. The number of nitrogens with zero attached hydrogens (tertiary/aromatic N) is 5. The molecule has 2 heterocycles. The van der Waals surface area contributed by atoms with E-state index in [0.29, 0.717) is 18.8 Å². The van der Waals surface area contributed by atoms with Gasteiger partial charge in [-0.25, -0.2) is 9.07 Å². The van der Waals surface area contributed by atoms with Crippen LogP contribution in [0.2, 0.25) is 0 Å². The Morgan fingerprint density at radius 1 is 1.38 bits per heavy atom. The minimum absolute atomic E-state index is 0.167. The zero-order chi connectivity index (χ0) is 18.4. The van der Waals surface area contributed by atoms with E-state index in [1.165, 1.54) is 16.8 Å². The van der Waals surface area contributed by atoms with E-state index < -0.39 is 6.04 Å². The average molecular weight is 361 g/mol. The predicted molar refractivity (Wildman–Crippen MR) is 94.0 cm³/mol. The number of carbonyl (C=O) groups excluding carboxylic acids is 1. The molecule has 0 radical (unpaired) electrons. The Morgan fingerprint density at radius 3 is 2.88 bits per heavy atom. The number of hydrogen-bond donors (Lipinski definition) is 2. The summed E-state index contributed by atoms with van der Waals surface area (Å²) in [6.07, 6.45) is 0.323. The summed E-state index contributed by atoms with van der Waals surface area (Å²) in [6, 6.07) is 5.63. The summed E-state index contributed by atoms with van der Waals surface area (Å²) in [4.78, 5) is 15.1. The van der Waals surface area contributed by atoms with E-state index in [4.69, 9.17) is 0 Å². The third-order valence-electron chi connectivity index (χ3n) is 4.51. The smallest absolute Gasteiger partial charge is 0.245 e. The second-order valence-electron chi connectivity index (χ2n) is 6.40. The van der Waals surface area contributed by atoms with Crippen molar-refractivity contribution >= 4 is 5.91 Å². The van der Waals surface area contributed by atoms with Gasteiger partial charge in [0.1, 0.15) is 17.7 Å². The van der Waals surface area contributed by atoms with Crippen molar-refractivity contribution in [1.29, 1.82) is 0 Å². The van der Waals surface area contributed by atoms with Crippen molar-refractivity contribution in [2.24, 2.45) is 0 Å². The first-order chi connectivity index (χ1) is 12.6. The molecule has 140 valence electrons. The molecule has 3 rings (SSSR count). The molecule has 1 saturated heterocycles. The molecule has 1 amide bonds. The number of amides is 1. The van der Waals surface area contributed by atoms with E-state index in [2.05, 4.69) is 31.1 Å². The van der Waals surface area contributed by atoms with Crippen LogP contribution in [0.15, 0.2) is 24.3 Å². The van der Waals surface area contributed by atoms with Crippen molar-refractivity contribution < 1.29 is 9.18 Å². The molecule has 9 heteroatoms. The molecule has 1 aliphatic heterocycles. The van der Waals surface area contributed by atoms with E-state index in [9.17, 15) is 9.18 Å². The number of rotatable bonds is 7. The highest BCUT2D eigenvalue weighted by atomic mass is 19.1. The predicted octanol–water partition coefficient (Wildman–Crippen LogP) is -0.0742. The van der Waals surface area contributed by atoms with E-state index in [1.54, 1.807) is 19.1 Å². The number of aromatic nitrogens is 4. The number of carbonyl (C=O) groups is 1. The Labute approximate surface area is 151 Å². The van der Waals surface area contributed by atoms with Crippen LogP contribution in [0.25, 0.3) is 0 Å². The quantitative estimate of drug-likeness (QED) is 0.718. The van der Waals surface area contributed by atoms with Crippen LogP contribution in [-0.2, 0) is 11.2 Å².